The monoisotopic (exact) mass is 442 g/mol. The lowest BCUT2D eigenvalue weighted by molar-refractivity contribution is -0.145. The van der Waals surface area contributed by atoms with Gasteiger partial charge in [-0.2, -0.15) is 0 Å². The molecule has 0 aromatic carbocycles. The lowest BCUT2D eigenvalue weighted by Crippen LogP contribution is -2.58. The highest BCUT2D eigenvalue weighted by Crippen LogP contribution is 2.11. The number of carboxylic acids is 1. The van der Waals surface area contributed by atoms with Crippen molar-refractivity contribution in [2.45, 2.75) is 90.6 Å². The molecule has 1 fully saturated rings. The van der Waals surface area contributed by atoms with Gasteiger partial charge in [0, 0.05) is 0 Å². The summed E-state index contributed by atoms with van der Waals surface area (Å²) in [6.45, 7) is 9.62. The average molecular weight is 443 g/mol. The summed E-state index contributed by atoms with van der Waals surface area (Å²) < 4.78 is 0. The third-order valence-corrected chi connectivity index (χ3v) is 5.10. The molecule has 0 radical (unpaired) electrons. The molecule has 5 unspecified atom stereocenters. The van der Waals surface area contributed by atoms with Crippen LogP contribution in [0.1, 0.15) is 60.3 Å². The van der Waals surface area contributed by atoms with Crippen molar-refractivity contribution in [2.75, 3.05) is 6.54 Å². The summed E-state index contributed by atoms with van der Waals surface area (Å²) in [5.74, 6) is -2.65. The molecule has 1 rings (SSSR count). The molecule has 1 heterocycles. The van der Waals surface area contributed by atoms with Gasteiger partial charge in [-0.05, 0) is 51.0 Å². The molecule has 1 saturated heterocycles. The van der Waals surface area contributed by atoms with Crippen LogP contribution in [0.25, 0.3) is 0 Å². The Bertz CT molecular complexity index is 631. The van der Waals surface area contributed by atoms with Crippen LogP contribution in [0.4, 0.5) is 0 Å². The smallest absolute Gasteiger partial charge is 0.328 e. The molecule has 1 aliphatic heterocycles. The summed E-state index contributed by atoms with van der Waals surface area (Å²) in [6.07, 6.45) is 0.964. The molecule has 0 aromatic rings. The predicted molar refractivity (Wildman–Crippen MR) is 115 cm³/mol. The van der Waals surface area contributed by atoms with Gasteiger partial charge in [0.15, 0.2) is 6.04 Å². The Morgan fingerprint density at radius 2 is 1.42 bits per heavy atom. The summed E-state index contributed by atoms with van der Waals surface area (Å²) in [5, 5.41) is 29.7. The highest BCUT2D eigenvalue weighted by Gasteiger charge is 2.33. The minimum absolute atomic E-state index is 0.0340. The number of aliphatic hydroxyl groups excluding tert-OH is 1. The van der Waals surface area contributed by atoms with E-state index in [4.69, 9.17) is 0 Å². The van der Waals surface area contributed by atoms with Gasteiger partial charge in [-0.15, -0.1) is 0 Å². The lowest BCUT2D eigenvalue weighted by Gasteiger charge is -2.27. The van der Waals surface area contributed by atoms with Crippen LogP contribution in [0.15, 0.2) is 0 Å². The van der Waals surface area contributed by atoms with E-state index in [9.17, 15) is 29.4 Å². The van der Waals surface area contributed by atoms with Gasteiger partial charge in [-0.3, -0.25) is 14.4 Å². The highest BCUT2D eigenvalue weighted by molar-refractivity contribution is 5.94. The zero-order valence-corrected chi connectivity index (χ0v) is 19.1. The van der Waals surface area contributed by atoms with Crippen LogP contribution in [0, 0.1) is 11.8 Å². The molecule has 31 heavy (non-hydrogen) atoms. The maximum absolute atomic E-state index is 13.0. The van der Waals surface area contributed by atoms with Crippen LogP contribution in [0.3, 0.4) is 0 Å². The van der Waals surface area contributed by atoms with E-state index in [-0.39, 0.29) is 30.2 Å². The highest BCUT2D eigenvalue weighted by atomic mass is 16.4. The number of aliphatic hydroxyl groups is 1. The first-order valence-electron chi connectivity index (χ1n) is 11.0. The number of carbonyl (C=O) groups is 4. The number of hydrogen-bond donors (Lipinski definition) is 6. The molecule has 0 aliphatic carbocycles. The van der Waals surface area contributed by atoms with Gasteiger partial charge < -0.3 is 31.5 Å². The number of carbonyl (C=O) groups excluding carboxylic acids is 3. The molecule has 0 bridgehead atoms. The standard InChI is InChI=1S/C21H38N4O6/c1-11(2)9-15(23-18(27)14-7-6-8-22-14)19(28)24-16(10-12(3)4)20(29)25-17(13(5)26)21(30)31/h11-17,22,26H,6-10H2,1-5H3,(H,23,27)(H,24,28)(H,25,29)(H,30,31). The summed E-state index contributed by atoms with van der Waals surface area (Å²) in [4.78, 5) is 49.5. The van der Waals surface area contributed by atoms with E-state index in [1.807, 2.05) is 27.7 Å². The molecular formula is C21H38N4O6. The van der Waals surface area contributed by atoms with Crippen molar-refractivity contribution in [3.05, 3.63) is 0 Å². The van der Waals surface area contributed by atoms with Crippen LogP contribution in [0.2, 0.25) is 0 Å². The van der Waals surface area contributed by atoms with Crippen molar-refractivity contribution in [2.24, 2.45) is 11.8 Å². The quantitative estimate of drug-likeness (QED) is 0.243. The second kappa shape index (κ2) is 12.6. The number of carboxylic acid groups (broad SMARTS) is 1. The Hall–Kier alpha value is -2.20. The predicted octanol–water partition coefficient (Wildman–Crippen LogP) is -0.250. The Morgan fingerprint density at radius 1 is 0.903 bits per heavy atom. The third-order valence-electron chi connectivity index (χ3n) is 5.10. The van der Waals surface area contributed by atoms with Crippen LogP contribution >= 0.6 is 0 Å². The fraction of sp³-hybridized carbons (Fsp3) is 0.810. The minimum atomic E-state index is -1.49. The van der Waals surface area contributed by atoms with Crippen molar-refractivity contribution >= 4 is 23.7 Å². The molecule has 10 heteroatoms. The molecule has 0 saturated carbocycles. The Balaban J connectivity index is 2.92. The van der Waals surface area contributed by atoms with Gasteiger partial charge in [0.25, 0.3) is 0 Å². The normalized spacial score (nSPS) is 20.1. The molecule has 5 atom stereocenters. The van der Waals surface area contributed by atoms with Crippen LogP contribution in [0.5, 0.6) is 0 Å². The zero-order chi connectivity index (χ0) is 23.7. The van der Waals surface area contributed by atoms with E-state index in [1.165, 1.54) is 6.92 Å². The van der Waals surface area contributed by atoms with E-state index >= 15 is 0 Å². The molecular weight excluding hydrogens is 404 g/mol. The third kappa shape index (κ3) is 9.22. The van der Waals surface area contributed by atoms with E-state index < -0.39 is 42.0 Å². The Morgan fingerprint density at radius 3 is 1.84 bits per heavy atom. The van der Waals surface area contributed by atoms with Crippen molar-refractivity contribution in [1.29, 1.82) is 0 Å². The van der Waals surface area contributed by atoms with E-state index in [0.29, 0.717) is 12.8 Å². The van der Waals surface area contributed by atoms with Crippen LogP contribution < -0.4 is 21.3 Å². The first kappa shape index (κ1) is 26.8. The van der Waals surface area contributed by atoms with Gasteiger partial charge >= 0.3 is 5.97 Å². The fourth-order valence-electron chi connectivity index (χ4n) is 3.50. The van der Waals surface area contributed by atoms with E-state index in [1.54, 1.807) is 0 Å². The van der Waals surface area contributed by atoms with E-state index in [0.717, 1.165) is 13.0 Å². The van der Waals surface area contributed by atoms with Gasteiger partial charge in [-0.25, -0.2) is 4.79 Å². The fourth-order valence-corrected chi connectivity index (χ4v) is 3.50. The lowest BCUT2D eigenvalue weighted by atomic mass is 9.99. The SMILES string of the molecule is CC(C)CC(NC(=O)C1CCCN1)C(=O)NC(CC(C)C)C(=O)NC(C(=O)O)C(C)O. The van der Waals surface area contributed by atoms with Crippen LogP contribution in [-0.4, -0.2) is 70.7 Å². The van der Waals surface area contributed by atoms with Crippen molar-refractivity contribution in [3.63, 3.8) is 0 Å². The van der Waals surface area contributed by atoms with Gasteiger partial charge in [0.1, 0.15) is 12.1 Å². The van der Waals surface area contributed by atoms with Gasteiger partial charge in [0.05, 0.1) is 12.1 Å². The number of amides is 3. The zero-order valence-electron chi connectivity index (χ0n) is 19.1. The Kier molecular flexibility index (Phi) is 10.9. The molecule has 6 N–H and O–H groups in total. The van der Waals surface area contributed by atoms with E-state index in [2.05, 4.69) is 21.3 Å². The molecule has 0 aromatic heterocycles. The van der Waals surface area contributed by atoms with Crippen molar-refractivity contribution in [1.82, 2.24) is 21.3 Å². The first-order valence-corrected chi connectivity index (χ1v) is 11.0. The largest absolute Gasteiger partial charge is 0.480 e. The van der Waals surface area contributed by atoms with Gasteiger partial charge in [0.2, 0.25) is 17.7 Å². The molecule has 0 spiro atoms. The average Bonchev–Trinajstić information content (AvgIpc) is 3.18. The molecule has 3 amide bonds. The second-order valence-corrected chi connectivity index (χ2v) is 9.10. The number of nitrogens with one attached hydrogen (secondary N) is 4. The van der Waals surface area contributed by atoms with Gasteiger partial charge in [-0.1, -0.05) is 27.7 Å². The Labute approximate surface area is 183 Å². The summed E-state index contributed by atoms with van der Waals surface area (Å²) in [6, 6.07) is -3.63. The number of aliphatic carboxylic acids is 1. The maximum Gasteiger partial charge on any atom is 0.328 e. The summed E-state index contributed by atoms with van der Waals surface area (Å²) in [5.41, 5.74) is 0. The summed E-state index contributed by atoms with van der Waals surface area (Å²) in [7, 11) is 0. The maximum atomic E-state index is 13.0. The second-order valence-electron chi connectivity index (χ2n) is 9.10. The van der Waals surface area contributed by atoms with Crippen molar-refractivity contribution < 1.29 is 29.4 Å². The topological polar surface area (TPSA) is 157 Å². The van der Waals surface area contributed by atoms with Crippen molar-refractivity contribution in [3.8, 4) is 0 Å². The minimum Gasteiger partial charge on any atom is -0.480 e. The summed E-state index contributed by atoms with van der Waals surface area (Å²) >= 11 is 0. The van der Waals surface area contributed by atoms with Crippen LogP contribution in [-0.2, 0) is 19.2 Å². The first-order chi connectivity index (χ1) is 14.4. The number of hydrogen-bond acceptors (Lipinski definition) is 6. The molecule has 1 aliphatic rings. The molecule has 178 valence electrons. The molecule has 10 nitrogen and oxygen atoms in total. The number of rotatable bonds is 12.